The Hall–Kier alpha value is -1.18. The summed E-state index contributed by atoms with van der Waals surface area (Å²) in [7, 11) is 0. The maximum absolute atomic E-state index is 13.5. The van der Waals surface area contributed by atoms with Crippen LogP contribution < -0.4 is 0 Å². The van der Waals surface area contributed by atoms with Crippen molar-refractivity contribution in [2.24, 2.45) is 34.5 Å². The molecule has 0 spiro atoms. The number of ether oxygens (including phenoxy) is 2. The van der Waals surface area contributed by atoms with Gasteiger partial charge in [-0.25, -0.2) is 4.79 Å². The number of carboxylic acids is 1. The van der Waals surface area contributed by atoms with Crippen molar-refractivity contribution in [3.63, 3.8) is 0 Å². The fourth-order valence-electron chi connectivity index (χ4n) is 9.29. The third-order valence-electron chi connectivity index (χ3n) is 11.4. The number of carbonyl (C=O) groups excluding carboxylic acids is 1. The van der Waals surface area contributed by atoms with Gasteiger partial charge in [0.05, 0.1) is 12.2 Å². The summed E-state index contributed by atoms with van der Waals surface area (Å²) in [5.41, 5.74) is -2.80. The minimum Gasteiger partial charge on any atom is -0.479 e. The lowest BCUT2D eigenvalue weighted by Crippen LogP contribution is -2.63. The van der Waals surface area contributed by atoms with Gasteiger partial charge in [-0.15, -0.1) is 0 Å². The van der Waals surface area contributed by atoms with E-state index in [4.69, 9.17) is 9.47 Å². The molecule has 4 saturated carbocycles. The van der Waals surface area contributed by atoms with Gasteiger partial charge < -0.3 is 45.2 Å². The lowest BCUT2D eigenvalue weighted by Gasteiger charge is -2.62. The number of aliphatic hydroxyl groups excluding tert-OH is 5. The normalized spacial score (nSPS) is 54.5. The van der Waals surface area contributed by atoms with Crippen molar-refractivity contribution in [3.05, 3.63) is 0 Å². The van der Waals surface area contributed by atoms with Crippen LogP contribution in [0.15, 0.2) is 0 Å². The summed E-state index contributed by atoms with van der Waals surface area (Å²) in [6, 6.07) is 0. The Bertz CT molecular complexity index is 944. The maximum atomic E-state index is 13.5. The van der Waals surface area contributed by atoms with Crippen LogP contribution in [0.3, 0.4) is 0 Å². The van der Waals surface area contributed by atoms with Gasteiger partial charge in [-0.3, -0.25) is 4.79 Å². The molecule has 0 aromatic rings. The second-order valence-electron chi connectivity index (χ2n) is 13.1. The minimum atomic E-state index is -1.88. The molecule has 1 saturated heterocycles. The molecule has 7 N–H and O–H groups in total. The smallest absolute Gasteiger partial charge is 0.335 e. The van der Waals surface area contributed by atoms with Crippen molar-refractivity contribution in [3.8, 4) is 0 Å². The summed E-state index contributed by atoms with van der Waals surface area (Å²) in [5.74, 6) is -1.69. The fraction of sp³-hybridized carbons (Fsp3) is 0.926. The Morgan fingerprint density at radius 3 is 2.34 bits per heavy atom. The molecular formula is C27H42O11. The molecule has 0 amide bonds. The molecule has 0 bridgehead atoms. The molecule has 0 unspecified atom stereocenters. The topological polar surface area (TPSA) is 194 Å². The second-order valence-corrected chi connectivity index (χ2v) is 13.1. The van der Waals surface area contributed by atoms with Gasteiger partial charge in [0, 0.05) is 5.41 Å². The molecule has 0 aromatic heterocycles. The summed E-state index contributed by atoms with van der Waals surface area (Å²) < 4.78 is 10.5. The van der Waals surface area contributed by atoms with Gasteiger partial charge in [0.2, 0.25) is 0 Å². The molecule has 11 nitrogen and oxygen atoms in total. The van der Waals surface area contributed by atoms with Crippen molar-refractivity contribution < 1.29 is 54.8 Å². The van der Waals surface area contributed by atoms with Crippen molar-refractivity contribution in [1.29, 1.82) is 0 Å². The van der Waals surface area contributed by atoms with Gasteiger partial charge >= 0.3 is 5.97 Å². The summed E-state index contributed by atoms with van der Waals surface area (Å²) in [6.45, 7) is 3.39. The lowest BCUT2D eigenvalue weighted by molar-refractivity contribution is -0.293. The number of aliphatic hydroxyl groups is 6. The maximum Gasteiger partial charge on any atom is 0.335 e. The van der Waals surface area contributed by atoms with Crippen molar-refractivity contribution in [1.82, 2.24) is 0 Å². The van der Waals surface area contributed by atoms with Gasteiger partial charge in [0.1, 0.15) is 30.5 Å². The third-order valence-corrected chi connectivity index (χ3v) is 11.4. The monoisotopic (exact) mass is 542 g/mol. The van der Waals surface area contributed by atoms with Crippen molar-refractivity contribution >= 4 is 11.8 Å². The SMILES string of the molecule is C[C@]12CC[C@H](O)C[C@H]1CC[C@@H]1[C@@H]2[C@H](O)C[C@@]2(C)[C@H]1CC[C@]2(O)C(=O)CO[C@H]1O[C@@H](C(=O)O)[C@@H](O)[C@@H](O)[C@H]1O. The van der Waals surface area contributed by atoms with Gasteiger partial charge in [-0.2, -0.15) is 0 Å². The van der Waals surface area contributed by atoms with Crippen LogP contribution in [0.25, 0.3) is 0 Å². The van der Waals surface area contributed by atoms with Crippen molar-refractivity contribution in [2.45, 2.75) is 114 Å². The number of rotatable bonds is 5. The average molecular weight is 543 g/mol. The predicted molar refractivity (Wildman–Crippen MR) is 129 cm³/mol. The largest absolute Gasteiger partial charge is 0.479 e. The third kappa shape index (κ3) is 4.08. The molecule has 5 aliphatic rings. The van der Waals surface area contributed by atoms with Gasteiger partial charge in [0.15, 0.2) is 18.2 Å². The molecule has 0 aromatic carbocycles. The Morgan fingerprint density at radius 2 is 1.66 bits per heavy atom. The standard InChI is InChI=1S/C27H42O11/c1-25-7-5-13(28)9-12(25)3-4-14-15-6-8-27(36,26(15,2)10-16(29)18(14)25)17(30)11-37-24-21(33)19(31)20(32)22(38-24)23(34)35/h12-16,18-22,24,28-29,31-33,36H,3-11H2,1-2H3,(H,34,35)/t12-,13+,14+,15+,16-,18-,19-,20+,21-,22-,24+,25+,26+,27+/m1/s1. The first-order chi connectivity index (χ1) is 17.7. The number of Topliss-reactive ketones (excluding diaryl/α,β-unsaturated/α-hetero) is 1. The van der Waals surface area contributed by atoms with E-state index >= 15 is 0 Å². The molecular weight excluding hydrogens is 500 g/mol. The quantitative estimate of drug-likeness (QED) is 0.238. The van der Waals surface area contributed by atoms with Gasteiger partial charge in [-0.05, 0) is 80.5 Å². The zero-order valence-corrected chi connectivity index (χ0v) is 22.0. The fourth-order valence-corrected chi connectivity index (χ4v) is 9.29. The van der Waals surface area contributed by atoms with Crippen LogP contribution in [-0.2, 0) is 19.1 Å². The number of carboxylic acid groups (broad SMARTS) is 1. The van der Waals surface area contributed by atoms with E-state index in [1.54, 1.807) is 0 Å². The van der Waals surface area contributed by atoms with Crippen LogP contribution >= 0.6 is 0 Å². The van der Waals surface area contributed by atoms with Crippen LogP contribution in [0, 0.1) is 34.5 Å². The van der Waals surface area contributed by atoms with Crippen molar-refractivity contribution in [2.75, 3.05) is 6.61 Å². The molecule has 14 atom stereocenters. The molecule has 5 rings (SSSR count). The lowest BCUT2D eigenvalue weighted by atomic mass is 9.43. The van der Waals surface area contributed by atoms with Gasteiger partial charge in [0.25, 0.3) is 0 Å². The van der Waals surface area contributed by atoms with Crippen LogP contribution in [0.2, 0.25) is 0 Å². The molecule has 216 valence electrons. The second kappa shape index (κ2) is 9.73. The summed E-state index contributed by atoms with van der Waals surface area (Å²) in [4.78, 5) is 24.8. The summed E-state index contributed by atoms with van der Waals surface area (Å²) in [6.07, 6.45) is -4.90. The Labute approximate surface area is 221 Å². The molecule has 4 aliphatic carbocycles. The van der Waals surface area contributed by atoms with E-state index in [9.17, 15) is 45.3 Å². The first kappa shape index (κ1) is 28.4. The molecule has 38 heavy (non-hydrogen) atoms. The zero-order valence-electron chi connectivity index (χ0n) is 22.0. The van der Waals surface area contributed by atoms with E-state index in [1.807, 2.05) is 6.92 Å². The van der Waals surface area contributed by atoms with E-state index in [0.29, 0.717) is 18.8 Å². The highest BCUT2D eigenvalue weighted by atomic mass is 16.7. The summed E-state index contributed by atoms with van der Waals surface area (Å²) in [5, 5.41) is 72.9. The minimum absolute atomic E-state index is 0.0133. The molecule has 1 aliphatic heterocycles. The molecule has 0 radical (unpaired) electrons. The first-order valence-corrected chi connectivity index (χ1v) is 13.9. The molecule has 5 fully saturated rings. The first-order valence-electron chi connectivity index (χ1n) is 13.9. The van der Waals surface area contributed by atoms with Crippen LogP contribution in [-0.4, -0.2) is 103 Å². The molecule has 1 heterocycles. The average Bonchev–Trinajstić information content (AvgIpc) is 3.13. The van der Waals surface area contributed by atoms with Crippen LogP contribution in [0.5, 0.6) is 0 Å². The highest BCUT2D eigenvalue weighted by Crippen LogP contribution is 2.68. The zero-order chi connectivity index (χ0) is 27.8. The number of ketones is 1. The van der Waals surface area contributed by atoms with Gasteiger partial charge in [-0.1, -0.05) is 13.8 Å². The number of carbonyl (C=O) groups is 2. The van der Waals surface area contributed by atoms with E-state index in [0.717, 1.165) is 25.7 Å². The van der Waals surface area contributed by atoms with E-state index in [-0.39, 0.29) is 42.1 Å². The number of fused-ring (bicyclic) bond motifs is 5. The molecule has 11 heteroatoms. The van der Waals surface area contributed by atoms with E-state index in [2.05, 4.69) is 6.92 Å². The highest BCUT2D eigenvalue weighted by molar-refractivity contribution is 5.89. The number of hydrogen-bond acceptors (Lipinski definition) is 10. The van der Waals surface area contributed by atoms with Crippen LogP contribution in [0.4, 0.5) is 0 Å². The predicted octanol–water partition coefficient (Wildman–Crippen LogP) is -0.430. The highest BCUT2D eigenvalue weighted by Gasteiger charge is 2.68. The van der Waals surface area contributed by atoms with E-state index < -0.39 is 66.2 Å². The number of hydrogen-bond donors (Lipinski definition) is 7. The van der Waals surface area contributed by atoms with Crippen LogP contribution in [0.1, 0.15) is 65.2 Å². The Morgan fingerprint density at radius 1 is 0.947 bits per heavy atom. The Kier molecular flexibility index (Phi) is 7.26. The van der Waals surface area contributed by atoms with E-state index in [1.165, 1.54) is 0 Å². The summed E-state index contributed by atoms with van der Waals surface area (Å²) >= 11 is 0. The number of aliphatic carboxylic acids is 1. The Balaban J connectivity index is 1.32.